The van der Waals surface area contributed by atoms with E-state index in [9.17, 15) is 9.18 Å². The second-order valence-corrected chi connectivity index (χ2v) is 7.07. The molecule has 1 rings (SSSR count). The van der Waals surface area contributed by atoms with E-state index in [1.54, 1.807) is 33.8 Å². The van der Waals surface area contributed by atoms with Gasteiger partial charge in [0.15, 0.2) is 0 Å². The number of halogens is 1. The van der Waals surface area contributed by atoms with E-state index in [-0.39, 0.29) is 31.1 Å². The Morgan fingerprint density at radius 2 is 1.96 bits per heavy atom. The molecule has 25 heavy (non-hydrogen) atoms. The molecule has 0 unspecified atom stereocenters. The summed E-state index contributed by atoms with van der Waals surface area (Å²) in [6.07, 6.45) is -0.513. The number of aliphatic hydroxyl groups excluding tert-OH is 1. The Bertz CT molecular complexity index is 560. The fourth-order valence-corrected chi connectivity index (χ4v) is 1.94. The molecule has 2 atom stereocenters. The van der Waals surface area contributed by atoms with Crippen LogP contribution in [0.2, 0.25) is 0 Å². The summed E-state index contributed by atoms with van der Waals surface area (Å²) in [5.74, 6) is 0.164. The van der Waals surface area contributed by atoms with Crippen LogP contribution >= 0.6 is 0 Å². The van der Waals surface area contributed by atoms with E-state index >= 15 is 0 Å². The first-order valence-corrected chi connectivity index (χ1v) is 8.35. The van der Waals surface area contributed by atoms with Gasteiger partial charge in [0.1, 0.15) is 23.8 Å². The number of carbonyl (C=O) groups is 1. The van der Waals surface area contributed by atoms with E-state index in [2.05, 4.69) is 10.6 Å². The molecule has 7 heteroatoms. The zero-order valence-corrected chi connectivity index (χ0v) is 15.6. The average molecular weight is 356 g/mol. The number of amides is 1. The van der Waals surface area contributed by atoms with E-state index < -0.39 is 11.7 Å². The molecule has 142 valence electrons. The standard InChI is InChI=1S/C18H29FN2O4/c1-12(10-22)20-9-14-8-15(19)6-7-16(14)24-11-13(2)21-17(23)25-18(3,4)5/h6-8,12-13,20,22H,9-11H2,1-5H3,(H,21,23)/t12-,13-/m1/s1. The normalized spacial score (nSPS) is 13.9. The van der Waals surface area contributed by atoms with Crippen molar-refractivity contribution in [2.45, 2.75) is 58.8 Å². The van der Waals surface area contributed by atoms with Gasteiger partial charge in [-0.2, -0.15) is 0 Å². The SMILES string of the molecule is C[C@H](CO)NCc1cc(F)ccc1OC[C@@H](C)NC(=O)OC(C)(C)C. The molecule has 0 aliphatic rings. The number of hydrogen-bond acceptors (Lipinski definition) is 5. The molecular formula is C18H29FN2O4. The molecule has 0 heterocycles. The smallest absolute Gasteiger partial charge is 0.407 e. The Balaban J connectivity index is 2.59. The number of aliphatic hydroxyl groups is 1. The van der Waals surface area contributed by atoms with Crippen molar-refractivity contribution in [3.05, 3.63) is 29.6 Å². The van der Waals surface area contributed by atoms with Crippen molar-refractivity contribution in [2.24, 2.45) is 0 Å². The number of nitrogens with one attached hydrogen (secondary N) is 2. The first kappa shape index (κ1) is 21.2. The third-order valence-corrected chi connectivity index (χ3v) is 3.19. The average Bonchev–Trinajstić information content (AvgIpc) is 2.49. The molecule has 1 amide bonds. The molecule has 0 radical (unpaired) electrons. The molecule has 0 aliphatic carbocycles. The first-order chi connectivity index (χ1) is 11.6. The van der Waals surface area contributed by atoms with Gasteiger partial charge < -0.3 is 25.2 Å². The van der Waals surface area contributed by atoms with Crippen LogP contribution in [0.1, 0.15) is 40.2 Å². The lowest BCUT2D eigenvalue weighted by Crippen LogP contribution is -2.40. The van der Waals surface area contributed by atoms with Crippen molar-refractivity contribution in [1.29, 1.82) is 0 Å². The largest absolute Gasteiger partial charge is 0.491 e. The van der Waals surface area contributed by atoms with Crippen LogP contribution in [0.3, 0.4) is 0 Å². The summed E-state index contributed by atoms with van der Waals surface area (Å²) in [6.45, 7) is 9.56. The van der Waals surface area contributed by atoms with Crippen molar-refractivity contribution < 1.29 is 23.8 Å². The molecule has 0 aliphatic heterocycles. The number of hydrogen-bond donors (Lipinski definition) is 3. The minimum atomic E-state index is -0.566. The fourth-order valence-electron chi connectivity index (χ4n) is 1.94. The lowest BCUT2D eigenvalue weighted by atomic mass is 10.2. The molecule has 1 aromatic rings. The molecule has 1 aromatic carbocycles. The van der Waals surface area contributed by atoms with Gasteiger partial charge in [0.05, 0.1) is 12.6 Å². The third-order valence-electron chi connectivity index (χ3n) is 3.19. The van der Waals surface area contributed by atoms with Crippen molar-refractivity contribution in [3.8, 4) is 5.75 Å². The first-order valence-electron chi connectivity index (χ1n) is 8.35. The molecule has 0 spiro atoms. The van der Waals surface area contributed by atoms with Gasteiger partial charge in [0.25, 0.3) is 0 Å². The summed E-state index contributed by atoms with van der Waals surface area (Å²) in [5.41, 5.74) is 0.0777. The highest BCUT2D eigenvalue weighted by Crippen LogP contribution is 2.20. The zero-order chi connectivity index (χ0) is 19.0. The van der Waals surface area contributed by atoms with Crippen molar-refractivity contribution in [1.82, 2.24) is 10.6 Å². The number of benzene rings is 1. The van der Waals surface area contributed by atoms with Crippen LogP contribution in [0, 0.1) is 5.82 Å². The predicted octanol–water partition coefficient (Wildman–Crippen LogP) is 2.59. The topological polar surface area (TPSA) is 79.8 Å². The molecule has 0 saturated carbocycles. The molecule has 3 N–H and O–H groups in total. The highest BCUT2D eigenvalue weighted by molar-refractivity contribution is 5.68. The Morgan fingerprint density at radius 3 is 2.56 bits per heavy atom. The van der Waals surface area contributed by atoms with Gasteiger partial charge in [-0.15, -0.1) is 0 Å². The molecule has 0 saturated heterocycles. The Hall–Kier alpha value is -1.86. The quantitative estimate of drug-likeness (QED) is 0.667. The van der Waals surface area contributed by atoms with Gasteiger partial charge in [-0.1, -0.05) is 0 Å². The minimum Gasteiger partial charge on any atom is -0.491 e. The Kier molecular flexibility index (Phi) is 8.12. The van der Waals surface area contributed by atoms with Crippen LogP contribution in [0.5, 0.6) is 5.75 Å². The summed E-state index contributed by atoms with van der Waals surface area (Å²) in [4.78, 5) is 11.7. The van der Waals surface area contributed by atoms with Gasteiger partial charge in [0.2, 0.25) is 0 Å². The summed E-state index contributed by atoms with van der Waals surface area (Å²) < 4.78 is 24.4. The van der Waals surface area contributed by atoms with Crippen molar-refractivity contribution in [3.63, 3.8) is 0 Å². The molecule has 0 aromatic heterocycles. The highest BCUT2D eigenvalue weighted by atomic mass is 19.1. The lowest BCUT2D eigenvalue weighted by molar-refractivity contribution is 0.0494. The van der Waals surface area contributed by atoms with E-state index in [0.717, 1.165) is 0 Å². The van der Waals surface area contributed by atoms with E-state index in [0.29, 0.717) is 17.9 Å². The van der Waals surface area contributed by atoms with Crippen molar-refractivity contribution in [2.75, 3.05) is 13.2 Å². The molecular weight excluding hydrogens is 327 g/mol. The number of rotatable bonds is 8. The van der Waals surface area contributed by atoms with Crippen molar-refractivity contribution >= 4 is 6.09 Å². The maximum atomic E-state index is 13.5. The summed E-state index contributed by atoms with van der Waals surface area (Å²) in [7, 11) is 0. The molecule has 6 nitrogen and oxygen atoms in total. The van der Waals surface area contributed by atoms with Crippen LogP contribution in [0.25, 0.3) is 0 Å². The zero-order valence-electron chi connectivity index (χ0n) is 15.6. The maximum Gasteiger partial charge on any atom is 0.407 e. The summed E-state index contributed by atoms with van der Waals surface area (Å²) >= 11 is 0. The Labute approximate surface area is 148 Å². The summed E-state index contributed by atoms with van der Waals surface area (Å²) in [6, 6.07) is 3.87. The number of carbonyl (C=O) groups excluding carboxylic acids is 1. The third kappa shape index (κ3) is 8.69. The Morgan fingerprint density at radius 1 is 1.28 bits per heavy atom. The monoisotopic (exact) mass is 356 g/mol. The molecule has 0 fully saturated rings. The van der Waals surface area contributed by atoms with Crippen LogP contribution in [-0.4, -0.2) is 42.1 Å². The summed E-state index contributed by atoms with van der Waals surface area (Å²) in [5, 5.41) is 14.8. The lowest BCUT2D eigenvalue weighted by Gasteiger charge is -2.22. The molecule has 0 bridgehead atoms. The highest BCUT2D eigenvalue weighted by Gasteiger charge is 2.18. The van der Waals surface area contributed by atoms with Gasteiger partial charge in [-0.3, -0.25) is 0 Å². The maximum absolute atomic E-state index is 13.5. The second-order valence-electron chi connectivity index (χ2n) is 7.07. The van der Waals surface area contributed by atoms with Gasteiger partial charge in [-0.25, -0.2) is 9.18 Å². The minimum absolute atomic E-state index is 0.0116. The predicted molar refractivity (Wildman–Crippen MR) is 94.1 cm³/mol. The van der Waals surface area contributed by atoms with Crippen LogP contribution in [0.15, 0.2) is 18.2 Å². The van der Waals surface area contributed by atoms with Gasteiger partial charge >= 0.3 is 6.09 Å². The number of ether oxygens (including phenoxy) is 2. The van der Waals surface area contributed by atoms with Crippen LogP contribution in [-0.2, 0) is 11.3 Å². The van der Waals surface area contributed by atoms with E-state index in [1.807, 2.05) is 6.92 Å². The van der Waals surface area contributed by atoms with E-state index in [1.165, 1.54) is 12.1 Å². The van der Waals surface area contributed by atoms with Gasteiger partial charge in [-0.05, 0) is 52.8 Å². The fraction of sp³-hybridized carbons (Fsp3) is 0.611. The van der Waals surface area contributed by atoms with E-state index in [4.69, 9.17) is 14.6 Å². The van der Waals surface area contributed by atoms with Gasteiger partial charge in [0, 0.05) is 18.2 Å². The number of alkyl carbamates (subject to hydrolysis) is 1. The second kappa shape index (κ2) is 9.58. The van der Waals surface area contributed by atoms with Crippen LogP contribution in [0.4, 0.5) is 9.18 Å². The van der Waals surface area contributed by atoms with Crippen LogP contribution < -0.4 is 15.4 Å².